The van der Waals surface area contributed by atoms with E-state index in [2.05, 4.69) is 14.6 Å². The molecule has 2 aliphatic rings. The van der Waals surface area contributed by atoms with E-state index in [1.807, 2.05) is 0 Å². The highest BCUT2D eigenvalue weighted by atomic mass is 32.1. The summed E-state index contributed by atoms with van der Waals surface area (Å²) < 4.78 is 4.59. The molecule has 1 aliphatic heterocycles. The average Bonchev–Trinajstić information content (AvgIpc) is 3.05. The summed E-state index contributed by atoms with van der Waals surface area (Å²) in [5.74, 6) is 1.84. The predicted octanol–water partition coefficient (Wildman–Crippen LogP) is 2.55. The molecule has 0 bridgehead atoms. The van der Waals surface area contributed by atoms with Gasteiger partial charge in [-0.1, -0.05) is 19.3 Å². The van der Waals surface area contributed by atoms with Crippen LogP contribution in [0.3, 0.4) is 0 Å². The number of carbonyl (C=O) groups excluding carboxylic acids is 1. The summed E-state index contributed by atoms with van der Waals surface area (Å²) in [6, 6.07) is 0. The molecule has 21 heavy (non-hydrogen) atoms. The van der Waals surface area contributed by atoms with Crippen molar-refractivity contribution in [1.29, 1.82) is 0 Å². The maximum absolute atomic E-state index is 11.8. The standard InChI is InChI=1S/C15H24N4OS/c1-16-14(20)12-8-5-9-19(10-12)15-17-13(18-21-15)11-6-3-2-4-7-11/h11-12H,2-10H2,1H3,(H,16,20). The second kappa shape index (κ2) is 6.73. The van der Waals surface area contributed by atoms with Crippen molar-refractivity contribution in [3.63, 3.8) is 0 Å². The van der Waals surface area contributed by atoms with Gasteiger partial charge >= 0.3 is 0 Å². The molecule has 1 aliphatic carbocycles. The third kappa shape index (κ3) is 3.36. The highest BCUT2D eigenvalue weighted by Gasteiger charge is 2.28. The van der Waals surface area contributed by atoms with Crippen molar-refractivity contribution >= 4 is 22.6 Å². The Hall–Kier alpha value is -1.17. The summed E-state index contributed by atoms with van der Waals surface area (Å²) in [6.45, 7) is 1.77. The zero-order valence-electron chi connectivity index (χ0n) is 12.7. The van der Waals surface area contributed by atoms with Gasteiger partial charge in [0, 0.05) is 37.6 Å². The van der Waals surface area contributed by atoms with Crippen LogP contribution in [0.1, 0.15) is 56.7 Å². The molecule has 1 saturated heterocycles. The molecular weight excluding hydrogens is 284 g/mol. The topological polar surface area (TPSA) is 58.1 Å². The Balaban J connectivity index is 1.66. The van der Waals surface area contributed by atoms with E-state index in [1.165, 1.54) is 43.6 Å². The maximum Gasteiger partial charge on any atom is 0.224 e. The van der Waals surface area contributed by atoms with Gasteiger partial charge in [-0.2, -0.15) is 4.37 Å². The van der Waals surface area contributed by atoms with Crippen LogP contribution in [0.25, 0.3) is 0 Å². The van der Waals surface area contributed by atoms with Crippen molar-refractivity contribution in [3.8, 4) is 0 Å². The summed E-state index contributed by atoms with van der Waals surface area (Å²) in [7, 11) is 1.72. The van der Waals surface area contributed by atoms with Gasteiger partial charge < -0.3 is 10.2 Å². The van der Waals surface area contributed by atoms with Crippen LogP contribution in [0.4, 0.5) is 5.13 Å². The molecule has 1 aromatic heterocycles. The molecule has 116 valence electrons. The van der Waals surface area contributed by atoms with E-state index in [1.54, 1.807) is 7.05 Å². The molecule has 0 spiro atoms. The number of aromatic nitrogens is 2. The van der Waals surface area contributed by atoms with Crippen molar-refractivity contribution in [2.75, 3.05) is 25.0 Å². The number of rotatable bonds is 3. The third-order valence-electron chi connectivity index (χ3n) is 4.71. The number of amides is 1. The SMILES string of the molecule is CNC(=O)C1CCCN(c2nc(C3CCCCC3)ns2)C1. The lowest BCUT2D eigenvalue weighted by Gasteiger charge is -2.31. The molecule has 1 N–H and O–H groups in total. The first-order valence-corrected chi connectivity index (χ1v) is 8.85. The van der Waals surface area contributed by atoms with Crippen LogP contribution >= 0.6 is 11.5 Å². The Kier molecular flexibility index (Phi) is 4.73. The molecule has 1 amide bonds. The largest absolute Gasteiger partial charge is 0.359 e. The number of carbonyl (C=O) groups is 1. The van der Waals surface area contributed by atoms with Gasteiger partial charge in [-0.25, -0.2) is 4.98 Å². The highest BCUT2D eigenvalue weighted by molar-refractivity contribution is 7.09. The molecular formula is C15H24N4OS. The molecule has 0 radical (unpaired) electrons. The van der Waals surface area contributed by atoms with Gasteiger partial charge in [0.2, 0.25) is 11.0 Å². The fourth-order valence-corrected chi connectivity index (χ4v) is 4.23. The monoisotopic (exact) mass is 308 g/mol. The van der Waals surface area contributed by atoms with Gasteiger partial charge in [0.1, 0.15) is 5.82 Å². The van der Waals surface area contributed by atoms with Crippen molar-refractivity contribution in [2.24, 2.45) is 5.92 Å². The van der Waals surface area contributed by atoms with Gasteiger partial charge in [-0.15, -0.1) is 0 Å². The Morgan fingerprint density at radius 2 is 2.05 bits per heavy atom. The number of nitrogens with zero attached hydrogens (tertiary/aromatic N) is 3. The minimum absolute atomic E-state index is 0.0887. The van der Waals surface area contributed by atoms with Crippen LogP contribution in [0.15, 0.2) is 0 Å². The number of hydrogen-bond acceptors (Lipinski definition) is 5. The van der Waals surface area contributed by atoms with Crippen molar-refractivity contribution in [1.82, 2.24) is 14.7 Å². The quantitative estimate of drug-likeness (QED) is 0.932. The number of nitrogens with one attached hydrogen (secondary N) is 1. The van der Waals surface area contributed by atoms with Crippen LogP contribution in [0.5, 0.6) is 0 Å². The summed E-state index contributed by atoms with van der Waals surface area (Å²) in [6.07, 6.45) is 8.46. The first-order valence-electron chi connectivity index (χ1n) is 8.08. The molecule has 1 saturated carbocycles. The van der Waals surface area contributed by atoms with Crippen molar-refractivity contribution in [3.05, 3.63) is 5.82 Å². The summed E-state index contributed by atoms with van der Waals surface area (Å²) in [5.41, 5.74) is 0. The van der Waals surface area contributed by atoms with Gasteiger partial charge in [0.25, 0.3) is 0 Å². The molecule has 2 fully saturated rings. The fourth-order valence-electron chi connectivity index (χ4n) is 3.45. The Morgan fingerprint density at radius 3 is 2.81 bits per heavy atom. The van der Waals surface area contributed by atoms with Gasteiger partial charge in [0.05, 0.1) is 5.92 Å². The maximum atomic E-state index is 11.8. The van der Waals surface area contributed by atoms with E-state index in [4.69, 9.17) is 4.98 Å². The first kappa shape index (κ1) is 14.8. The van der Waals surface area contributed by atoms with Gasteiger partial charge in [-0.05, 0) is 25.7 Å². The van der Waals surface area contributed by atoms with Crippen LogP contribution in [-0.2, 0) is 4.79 Å². The first-order chi connectivity index (χ1) is 10.3. The molecule has 5 nitrogen and oxygen atoms in total. The second-order valence-electron chi connectivity index (χ2n) is 6.17. The molecule has 6 heteroatoms. The molecule has 1 unspecified atom stereocenters. The van der Waals surface area contributed by atoms with Crippen LogP contribution in [0, 0.1) is 5.92 Å². The van der Waals surface area contributed by atoms with Gasteiger partial charge in [0.15, 0.2) is 0 Å². The van der Waals surface area contributed by atoms with E-state index in [0.717, 1.165) is 36.9 Å². The third-order valence-corrected chi connectivity index (χ3v) is 5.50. The summed E-state index contributed by atoms with van der Waals surface area (Å²) in [5, 5.41) is 3.77. The zero-order chi connectivity index (χ0) is 14.7. The van der Waals surface area contributed by atoms with Crippen molar-refractivity contribution < 1.29 is 4.79 Å². The van der Waals surface area contributed by atoms with E-state index in [9.17, 15) is 4.79 Å². The summed E-state index contributed by atoms with van der Waals surface area (Å²) >= 11 is 1.50. The smallest absolute Gasteiger partial charge is 0.224 e. The second-order valence-corrected chi connectivity index (χ2v) is 6.90. The lowest BCUT2D eigenvalue weighted by atomic mass is 9.89. The molecule has 1 aromatic rings. The number of piperidine rings is 1. The van der Waals surface area contributed by atoms with Crippen LogP contribution < -0.4 is 10.2 Å². The summed E-state index contributed by atoms with van der Waals surface area (Å²) in [4.78, 5) is 18.8. The van der Waals surface area contributed by atoms with Crippen molar-refractivity contribution in [2.45, 2.75) is 50.9 Å². The lowest BCUT2D eigenvalue weighted by Crippen LogP contribution is -2.42. The molecule has 3 rings (SSSR count). The average molecular weight is 308 g/mol. The lowest BCUT2D eigenvalue weighted by molar-refractivity contribution is -0.124. The minimum atomic E-state index is 0.0887. The molecule has 1 atom stereocenters. The molecule has 0 aromatic carbocycles. The van der Waals surface area contributed by atoms with E-state index in [-0.39, 0.29) is 11.8 Å². The van der Waals surface area contributed by atoms with Crippen LogP contribution in [0.2, 0.25) is 0 Å². The van der Waals surface area contributed by atoms with Gasteiger partial charge in [-0.3, -0.25) is 4.79 Å². The zero-order valence-corrected chi connectivity index (χ0v) is 13.5. The Labute approximate surface area is 130 Å². The number of anilines is 1. The Bertz CT molecular complexity index is 484. The highest BCUT2D eigenvalue weighted by Crippen LogP contribution is 2.33. The predicted molar refractivity (Wildman–Crippen MR) is 84.7 cm³/mol. The fraction of sp³-hybridized carbons (Fsp3) is 0.800. The van der Waals surface area contributed by atoms with E-state index in [0.29, 0.717) is 5.92 Å². The van der Waals surface area contributed by atoms with E-state index >= 15 is 0 Å². The van der Waals surface area contributed by atoms with E-state index < -0.39 is 0 Å². The minimum Gasteiger partial charge on any atom is -0.359 e. The number of hydrogen-bond donors (Lipinski definition) is 1. The van der Waals surface area contributed by atoms with Crippen LogP contribution in [-0.4, -0.2) is 35.4 Å². The molecule has 2 heterocycles. The normalized spacial score (nSPS) is 24.0. The Morgan fingerprint density at radius 1 is 1.24 bits per heavy atom.